The molecular weight excluding hydrogens is 420 g/mol. The molecule has 2 aromatic rings. The molecule has 2 heterocycles. The summed E-state index contributed by atoms with van der Waals surface area (Å²) in [5.41, 5.74) is 6.61. The fourth-order valence-corrected chi connectivity index (χ4v) is 5.14. The summed E-state index contributed by atoms with van der Waals surface area (Å²) in [6.07, 6.45) is 1.05. The molecule has 0 fully saturated rings. The highest BCUT2D eigenvalue weighted by molar-refractivity contribution is 7.91. The fourth-order valence-electron chi connectivity index (χ4n) is 3.59. The maximum Gasteiger partial charge on any atom is 0.253 e. The zero-order valence-electron chi connectivity index (χ0n) is 17.9. The largest absolute Gasteiger partial charge is 0.367 e. The lowest BCUT2D eigenvalue weighted by Gasteiger charge is -2.25. The molecule has 1 unspecified atom stereocenters. The monoisotopic (exact) mass is 448 g/mol. The molecule has 1 aliphatic rings. The molecule has 0 aliphatic carbocycles. The number of nitrogens with one attached hydrogen (secondary N) is 2. The normalized spacial score (nSPS) is 15.5. The molecule has 31 heavy (non-hydrogen) atoms. The topological polar surface area (TPSA) is 151 Å². The first kappa shape index (κ1) is 22.7. The highest BCUT2D eigenvalue weighted by Crippen LogP contribution is 2.27. The Hall–Kier alpha value is -2.95. The summed E-state index contributed by atoms with van der Waals surface area (Å²) in [5.74, 6) is 0.349. The van der Waals surface area contributed by atoms with E-state index in [-0.39, 0.29) is 41.9 Å². The number of fused-ring (bicyclic) bond motifs is 1. The number of nitrogens with zero attached hydrogens (tertiary/aromatic N) is 3. The summed E-state index contributed by atoms with van der Waals surface area (Å²) in [4.78, 5) is 31.0. The van der Waals surface area contributed by atoms with Crippen LogP contribution in [-0.2, 0) is 27.5 Å². The van der Waals surface area contributed by atoms with Gasteiger partial charge in [0, 0.05) is 25.2 Å². The van der Waals surface area contributed by atoms with Gasteiger partial charge in [-0.2, -0.15) is 4.98 Å². The van der Waals surface area contributed by atoms with Crippen LogP contribution in [0.1, 0.15) is 42.0 Å². The van der Waals surface area contributed by atoms with Crippen molar-refractivity contribution in [2.45, 2.75) is 44.0 Å². The number of nitrogens with two attached hydrogens (primary N) is 1. The highest BCUT2D eigenvalue weighted by atomic mass is 32.2. The molecule has 10 nitrogen and oxygen atoms in total. The Kier molecular flexibility index (Phi) is 6.63. The number of hydrogen-bond donors (Lipinski definition) is 3. The Labute approximate surface area is 181 Å². The Morgan fingerprint density at radius 3 is 2.71 bits per heavy atom. The first-order valence-corrected chi connectivity index (χ1v) is 11.8. The summed E-state index contributed by atoms with van der Waals surface area (Å²) < 4.78 is 23.9. The molecule has 1 aliphatic heterocycles. The van der Waals surface area contributed by atoms with E-state index in [9.17, 15) is 18.0 Å². The predicted molar refractivity (Wildman–Crippen MR) is 115 cm³/mol. The van der Waals surface area contributed by atoms with Gasteiger partial charge in [-0.25, -0.2) is 8.42 Å². The summed E-state index contributed by atoms with van der Waals surface area (Å²) in [5, 5.41) is 9.29. The van der Waals surface area contributed by atoms with E-state index >= 15 is 0 Å². The van der Waals surface area contributed by atoms with Crippen molar-refractivity contribution in [3.8, 4) is 0 Å². The third kappa shape index (κ3) is 5.40. The van der Waals surface area contributed by atoms with E-state index in [0.717, 1.165) is 0 Å². The summed E-state index contributed by atoms with van der Waals surface area (Å²) in [6.45, 7) is 4.44. The van der Waals surface area contributed by atoms with Crippen LogP contribution in [0.2, 0.25) is 0 Å². The lowest BCUT2D eigenvalue weighted by Crippen LogP contribution is -2.42. The summed E-state index contributed by atoms with van der Waals surface area (Å²) in [7, 11) is -1.52. The van der Waals surface area contributed by atoms with Gasteiger partial charge >= 0.3 is 0 Å². The molecule has 0 spiro atoms. The van der Waals surface area contributed by atoms with Crippen molar-refractivity contribution in [2.24, 2.45) is 5.92 Å². The van der Waals surface area contributed by atoms with Crippen molar-refractivity contribution in [1.29, 1.82) is 0 Å². The summed E-state index contributed by atoms with van der Waals surface area (Å²) in [6, 6.07) is 4.62. The molecular formula is C20H28N6O4S. The SMILES string of the molecule is CC(C)C(CCN(C)C(=O)c1ccc2c(c1)CCS2(=O)=O)NC(=O)Cc1nc(N)n[nH]1. The van der Waals surface area contributed by atoms with Crippen LogP contribution >= 0.6 is 0 Å². The fraction of sp³-hybridized carbons (Fsp3) is 0.500. The second-order valence-electron chi connectivity index (χ2n) is 8.14. The number of anilines is 1. The van der Waals surface area contributed by atoms with Crippen molar-refractivity contribution in [2.75, 3.05) is 25.1 Å². The second-order valence-corrected chi connectivity index (χ2v) is 10.2. The molecule has 0 saturated heterocycles. The molecule has 0 saturated carbocycles. The van der Waals surface area contributed by atoms with Crippen LogP contribution in [0.3, 0.4) is 0 Å². The number of benzene rings is 1. The Bertz CT molecular complexity index is 1080. The first-order chi connectivity index (χ1) is 14.6. The second kappa shape index (κ2) is 9.04. The molecule has 2 amide bonds. The number of aryl methyl sites for hydroxylation is 1. The lowest BCUT2D eigenvalue weighted by molar-refractivity contribution is -0.121. The zero-order valence-corrected chi connectivity index (χ0v) is 18.7. The van der Waals surface area contributed by atoms with Gasteiger partial charge in [-0.3, -0.25) is 14.7 Å². The van der Waals surface area contributed by atoms with Gasteiger partial charge in [-0.05, 0) is 42.5 Å². The average Bonchev–Trinajstić information content (AvgIpc) is 3.25. The number of carbonyl (C=O) groups is 2. The standard InChI is InChI=1S/C20H28N6O4S/c1-12(2)15(22-18(27)11-17-23-20(21)25-24-17)6-8-26(3)19(28)14-4-5-16-13(10-14)7-9-31(16,29)30/h4-5,10,12,15H,6-9,11H2,1-3H3,(H,22,27)(H3,21,23,24,25). The van der Waals surface area contributed by atoms with Crippen molar-refractivity contribution in [1.82, 2.24) is 25.4 Å². The number of rotatable bonds is 8. The number of aromatic nitrogens is 3. The van der Waals surface area contributed by atoms with Crippen molar-refractivity contribution in [3.63, 3.8) is 0 Å². The lowest BCUT2D eigenvalue weighted by atomic mass is 10.00. The van der Waals surface area contributed by atoms with E-state index in [1.165, 1.54) is 6.07 Å². The van der Waals surface area contributed by atoms with Gasteiger partial charge in [0.2, 0.25) is 11.9 Å². The van der Waals surface area contributed by atoms with Gasteiger partial charge in [0.15, 0.2) is 9.84 Å². The van der Waals surface area contributed by atoms with E-state index in [1.54, 1.807) is 24.1 Å². The molecule has 4 N–H and O–H groups in total. The molecule has 11 heteroatoms. The Balaban J connectivity index is 1.57. The van der Waals surface area contributed by atoms with Crippen LogP contribution in [0.5, 0.6) is 0 Å². The van der Waals surface area contributed by atoms with E-state index in [1.807, 2.05) is 13.8 Å². The average molecular weight is 449 g/mol. The van der Waals surface area contributed by atoms with Crippen molar-refractivity contribution in [3.05, 3.63) is 35.2 Å². The van der Waals surface area contributed by atoms with Crippen LogP contribution in [0.4, 0.5) is 5.95 Å². The van der Waals surface area contributed by atoms with Gasteiger partial charge in [0.1, 0.15) is 5.82 Å². The quantitative estimate of drug-likeness (QED) is 0.534. The number of nitrogen functional groups attached to an aromatic ring is 1. The third-order valence-corrected chi connectivity index (χ3v) is 7.24. The number of H-pyrrole nitrogens is 1. The van der Waals surface area contributed by atoms with Crippen LogP contribution in [0.15, 0.2) is 23.1 Å². The van der Waals surface area contributed by atoms with Gasteiger partial charge in [-0.15, -0.1) is 5.10 Å². The summed E-state index contributed by atoms with van der Waals surface area (Å²) >= 11 is 0. The van der Waals surface area contributed by atoms with Gasteiger partial charge in [0.05, 0.1) is 17.1 Å². The van der Waals surface area contributed by atoms with E-state index in [0.29, 0.717) is 41.2 Å². The highest BCUT2D eigenvalue weighted by Gasteiger charge is 2.27. The van der Waals surface area contributed by atoms with E-state index in [4.69, 9.17) is 5.73 Å². The number of hydrogen-bond acceptors (Lipinski definition) is 7. The zero-order chi connectivity index (χ0) is 22.8. The van der Waals surface area contributed by atoms with Gasteiger partial charge < -0.3 is 16.0 Å². The molecule has 1 aromatic heterocycles. The van der Waals surface area contributed by atoms with Crippen LogP contribution < -0.4 is 11.1 Å². The minimum atomic E-state index is -3.21. The van der Waals surface area contributed by atoms with Crippen molar-refractivity contribution >= 4 is 27.6 Å². The van der Waals surface area contributed by atoms with E-state index in [2.05, 4.69) is 20.5 Å². The van der Waals surface area contributed by atoms with Gasteiger partial charge in [0.25, 0.3) is 5.91 Å². The molecule has 3 rings (SSSR count). The number of amides is 2. The molecule has 0 bridgehead atoms. The molecule has 1 aromatic carbocycles. The van der Waals surface area contributed by atoms with Crippen LogP contribution in [-0.4, -0.2) is 65.7 Å². The van der Waals surface area contributed by atoms with Crippen molar-refractivity contribution < 1.29 is 18.0 Å². The third-order valence-electron chi connectivity index (χ3n) is 5.43. The number of sulfone groups is 1. The maximum atomic E-state index is 12.8. The smallest absolute Gasteiger partial charge is 0.253 e. The number of carbonyl (C=O) groups excluding carboxylic acids is 2. The van der Waals surface area contributed by atoms with E-state index < -0.39 is 9.84 Å². The minimum Gasteiger partial charge on any atom is -0.367 e. The molecule has 168 valence electrons. The van der Waals surface area contributed by atoms with Crippen LogP contribution in [0, 0.1) is 5.92 Å². The predicted octanol–water partition coefficient (Wildman–Crippen LogP) is 0.562. The minimum absolute atomic E-state index is 0.0419. The van der Waals surface area contributed by atoms with Gasteiger partial charge in [-0.1, -0.05) is 13.8 Å². The Morgan fingerprint density at radius 2 is 2.06 bits per heavy atom. The molecule has 1 atom stereocenters. The maximum absolute atomic E-state index is 12.8. The van der Waals surface area contributed by atoms with Crippen LogP contribution in [0.25, 0.3) is 0 Å². The first-order valence-electron chi connectivity index (χ1n) is 10.1. The molecule has 0 radical (unpaired) electrons. The number of aromatic amines is 1. The Morgan fingerprint density at radius 1 is 1.32 bits per heavy atom.